The Morgan fingerprint density at radius 2 is 1.64 bits per heavy atom. The summed E-state index contributed by atoms with van der Waals surface area (Å²) in [7, 11) is 1.79. The predicted molar refractivity (Wildman–Crippen MR) is 51.9 cm³/mol. The highest BCUT2D eigenvalue weighted by atomic mass is 16.5. The predicted octanol–water partition coefficient (Wildman–Crippen LogP) is 3.48. The number of methoxy groups -OCH3 is 1. The van der Waals surface area contributed by atoms with Crippen LogP contribution in [0.3, 0.4) is 0 Å². The molecular weight excluding hydrogens is 136 g/mol. The Labute approximate surface area is 72.1 Å². The van der Waals surface area contributed by atoms with Crippen molar-refractivity contribution >= 4 is 0 Å². The van der Waals surface area contributed by atoms with Gasteiger partial charge in [0.15, 0.2) is 0 Å². The first-order valence-corrected chi connectivity index (χ1v) is 4.73. The zero-order valence-electron chi connectivity index (χ0n) is 8.98. The molecule has 0 heterocycles. The van der Waals surface area contributed by atoms with E-state index in [9.17, 15) is 0 Å². The molecule has 0 aromatic heterocycles. The molecule has 0 radical (unpaired) electrons. The molecular formula is C10H24O. The van der Waals surface area contributed by atoms with Gasteiger partial charge in [-0.3, -0.25) is 0 Å². The van der Waals surface area contributed by atoms with E-state index in [1.54, 1.807) is 7.11 Å². The topological polar surface area (TPSA) is 9.23 Å². The molecule has 0 bridgehead atoms. The molecule has 0 aromatic rings. The van der Waals surface area contributed by atoms with Crippen LogP contribution in [-0.4, -0.2) is 13.2 Å². The Morgan fingerprint density at radius 3 is 1.73 bits per heavy atom. The van der Waals surface area contributed by atoms with Gasteiger partial charge in [-0.15, -0.1) is 0 Å². The highest BCUT2D eigenvalue weighted by molar-refractivity contribution is 4.56. The zero-order valence-corrected chi connectivity index (χ0v) is 8.98. The van der Waals surface area contributed by atoms with E-state index in [0.29, 0.717) is 6.10 Å². The molecule has 1 nitrogen and oxygen atoms in total. The lowest BCUT2D eigenvalue weighted by Crippen LogP contribution is -2.11. The van der Waals surface area contributed by atoms with Crippen molar-refractivity contribution in [3.8, 4) is 0 Å². The summed E-state index contributed by atoms with van der Waals surface area (Å²) in [6.07, 6.45) is 2.80. The Balaban J connectivity index is 0. The van der Waals surface area contributed by atoms with Crippen molar-refractivity contribution in [3.05, 3.63) is 0 Å². The third-order valence-electron chi connectivity index (χ3n) is 1.52. The van der Waals surface area contributed by atoms with Crippen molar-refractivity contribution < 1.29 is 4.74 Å². The Kier molecular flexibility index (Phi) is 12.3. The van der Waals surface area contributed by atoms with Gasteiger partial charge in [0.1, 0.15) is 0 Å². The maximum atomic E-state index is 5.21. The SMILES string of the molecule is CC.CCC(CC(C)C)OC. The fourth-order valence-electron chi connectivity index (χ4n) is 0.955. The van der Waals surface area contributed by atoms with Gasteiger partial charge in [0.2, 0.25) is 0 Å². The molecule has 0 rings (SSSR count). The van der Waals surface area contributed by atoms with Crippen molar-refractivity contribution in [2.24, 2.45) is 5.92 Å². The van der Waals surface area contributed by atoms with Crippen molar-refractivity contribution in [2.75, 3.05) is 7.11 Å². The fraction of sp³-hybridized carbons (Fsp3) is 1.00. The van der Waals surface area contributed by atoms with Crippen molar-refractivity contribution in [2.45, 2.75) is 53.6 Å². The van der Waals surface area contributed by atoms with E-state index in [1.165, 1.54) is 6.42 Å². The average Bonchev–Trinajstić information content (AvgIpc) is 2.03. The van der Waals surface area contributed by atoms with E-state index in [4.69, 9.17) is 4.74 Å². The first-order chi connectivity index (χ1) is 5.20. The molecule has 1 atom stereocenters. The van der Waals surface area contributed by atoms with Gasteiger partial charge in [0.05, 0.1) is 6.10 Å². The van der Waals surface area contributed by atoms with Crippen molar-refractivity contribution in [1.29, 1.82) is 0 Å². The summed E-state index contributed by atoms with van der Waals surface area (Å²) in [5, 5.41) is 0. The highest BCUT2D eigenvalue weighted by Crippen LogP contribution is 2.09. The Bertz CT molecular complexity index is 55.9. The minimum Gasteiger partial charge on any atom is -0.381 e. The van der Waals surface area contributed by atoms with Gasteiger partial charge in [-0.1, -0.05) is 34.6 Å². The zero-order chi connectivity index (χ0) is 9.28. The maximum absolute atomic E-state index is 5.21. The van der Waals surface area contributed by atoms with Crippen molar-refractivity contribution in [3.63, 3.8) is 0 Å². The monoisotopic (exact) mass is 160 g/mol. The van der Waals surface area contributed by atoms with Gasteiger partial charge in [0, 0.05) is 7.11 Å². The van der Waals surface area contributed by atoms with E-state index < -0.39 is 0 Å². The second kappa shape index (κ2) is 9.96. The molecule has 0 spiro atoms. The van der Waals surface area contributed by atoms with Gasteiger partial charge >= 0.3 is 0 Å². The first-order valence-electron chi connectivity index (χ1n) is 4.73. The molecule has 70 valence electrons. The third-order valence-corrected chi connectivity index (χ3v) is 1.52. The summed E-state index contributed by atoms with van der Waals surface area (Å²) in [5.41, 5.74) is 0. The Hall–Kier alpha value is -0.0400. The van der Waals surface area contributed by atoms with Crippen LogP contribution in [0.4, 0.5) is 0 Å². The summed E-state index contributed by atoms with van der Waals surface area (Å²) >= 11 is 0. The molecule has 0 N–H and O–H groups in total. The summed E-state index contributed by atoms with van der Waals surface area (Å²) in [6, 6.07) is 0. The molecule has 11 heavy (non-hydrogen) atoms. The summed E-state index contributed by atoms with van der Waals surface area (Å²) in [6.45, 7) is 10.6. The van der Waals surface area contributed by atoms with E-state index in [0.717, 1.165) is 12.3 Å². The third kappa shape index (κ3) is 9.96. The van der Waals surface area contributed by atoms with E-state index in [-0.39, 0.29) is 0 Å². The second-order valence-electron chi connectivity index (χ2n) is 2.90. The molecule has 0 aromatic carbocycles. The van der Waals surface area contributed by atoms with Crippen LogP contribution in [0.25, 0.3) is 0 Å². The van der Waals surface area contributed by atoms with Crippen LogP contribution < -0.4 is 0 Å². The lowest BCUT2D eigenvalue weighted by Gasteiger charge is -2.14. The average molecular weight is 160 g/mol. The lowest BCUT2D eigenvalue weighted by molar-refractivity contribution is 0.0815. The van der Waals surface area contributed by atoms with Crippen LogP contribution >= 0.6 is 0 Å². The van der Waals surface area contributed by atoms with Crippen LogP contribution in [0.15, 0.2) is 0 Å². The standard InChI is InChI=1S/C8H18O.C2H6/c1-5-8(9-4)6-7(2)3;1-2/h7-8H,5-6H2,1-4H3;1-2H3. The molecule has 0 saturated heterocycles. The smallest absolute Gasteiger partial charge is 0.0571 e. The molecule has 0 aliphatic rings. The summed E-state index contributed by atoms with van der Waals surface area (Å²) < 4.78 is 5.21. The summed E-state index contributed by atoms with van der Waals surface area (Å²) in [5.74, 6) is 0.759. The quantitative estimate of drug-likeness (QED) is 0.611. The van der Waals surface area contributed by atoms with E-state index in [1.807, 2.05) is 13.8 Å². The maximum Gasteiger partial charge on any atom is 0.0571 e. The number of hydrogen-bond acceptors (Lipinski definition) is 1. The fourth-order valence-corrected chi connectivity index (χ4v) is 0.955. The van der Waals surface area contributed by atoms with Gasteiger partial charge in [-0.2, -0.15) is 0 Å². The molecule has 0 saturated carbocycles. The van der Waals surface area contributed by atoms with Crippen LogP contribution in [0.5, 0.6) is 0 Å². The van der Waals surface area contributed by atoms with Gasteiger partial charge in [0.25, 0.3) is 0 Å². The van der Waals surface area contributed by atoms with Crippen LogP contribution in [0.1, 0.15) is 47.5 Å². The number of ether oxygens (including phenoxy) is 1. The second-order valence-corrected chi connectivity index (χ2v) is 2.90. The lowest BCUT2D eigenvalue weighted by atomic mass is 10.0. The van der Waals surface area contributed by atoms with Crippen molar-refractivity contribution in [1.82, 2.24) is 0 Å². The summed E-state index contributed by atoms with van der Waals surface area (Å²) in [4.78, 5) is 0. The normalized spacial score (nSPS) is 12.3. The van der Waals surface area contributed by atoms with Gasteiger partial charge < -0.3 is 4.74 Å². The number of hydrogen-bond donors (Lipinski definition) is 0. The molecule has 0 aliphatic heterocycles. The van der Waals surface area contributed by atoms with E-state index >= 15 is 0 Å². The van der Waals surface area contributed by atoms with Crippen LogP contribution in [0, 0.1) is 5.92 Å². The molecule has 0 aliphatic carbocycles. The Morgan fingerprint density at radius 1 is 1.18 bits per heavy atom. The molecule has 1 unspecified atom stereocenters. The largest absolute Gasteiger partial charge is 0.381 e. The van der Waals surface area contributed by atoms with E-state index in [2.05, 4.69) is 20.8 Å². The number of rotatable bonds is 4. The molecule has 0 amide bonds. The minimum absolute atomic E-state index is 0.477. The first kappa shape index (κ1) is 13.5. The van der Waals surface area contributed by atoms with Gasteiger partial charge in [-0.25, -0.2) is 0 Å². The van der Waals surface area contributed by atoms with Gasteiger partial charge in [-0.05, 0) is 18.8 Å². The minimum atomic E-state index is 0.477. The highest BCUT2D eigenvalue weighted by Gasteiger charge is 2.05. The molecule has 1 heteroatoms. The van der Waals surface area contributed by atoms with Crippen LogP contribution in [0.2, 0.25) is 0 Å². The van der Waals surface area contributed by atoms with Crippen LogP contribution in [-0.2, 0) is 4.74 Å². The molecule has 0 fully saturated rings.